The molecule has 7 nitrogen and oxygen atoms in total. The van der Waals surface area contributed by atoms with Gasteiger partial charge in [-0.15, -0.1) is 0 Å². The molecule has 0 spiro atoms. The maximum Gasteiger partial charge on any atom is 0.268 e. The molecule has 0 bridgehead atoms. The van der Waals surface area contributed by atoms with Crippen molar-refractivity contribution in [1.82, 2.24) is 15.0 Å². The zero-order valence-electron chi connectivity index (χ0n) is 17.3. The molecule has 2 aromatic heterocycles. The first kappa shape index (κ1) is 20.6. The summed E-state index contributed by atoms with van der Waals surface area (Å²) in [5.74, 6) is 0.559. The van der Waals surface area contributed by atoms with E-state index >= 15 is 0 Å². The molecule has 2 aromatic carbocycles. The van der Waals surface area contributed by atoms with Crippen molar-refractivity contribution in [1.29, 1.82) is 0 Å². The molecule has 0 atom stereocenters. The number of hydrogen-bond donors (Lipinski definition) is 2. The summed E-state index contributed by atoms with van der Waals surface area (Å²) >= 11 is 12.5. The Balaban J connectivity index is 1.45. The summed E-state index contributed by atoms with van der Waals surface area (Å²) in [5, 5.41) is 5.12. The van der Waals surface area contributed by atoms with Crippen molar-refractivity contribution in [3.63, 3.8) is 0 Å². The summed E-state index contributed by atoms with van der Waals surface area (Å²) in [5.41, 5.74) is 3.71. The number of amides is 1. The van der Waals surface area contributed by atoms with E-state index in [9.17, 15) is 4.79 Å². The number of ether oxygens (including phenoxy) is 1. The van der Waals surface area contributed by atoms with E-state index in [0.717, 1.165) is 11.2 Å². The standard InChI is InChI=1S/C23H19Cl2N5O2/c1-12(2)15-8-13(9-19-14(15)6-7-26-19)28-23-27-10-16-21(29-23)32-11-30(22(16)31)20-17(24)4-3-5-18(20)25/h3-10,12,26H,11H2,1-2H3,(H,27,28,29). The topological polar surface area (TPSA) is 83.1 Å². The third-order valence-corrected chi connectivity index (χ3v) is 5.96. The number of halogens is 2. The normalized spacial score (nSPS) is 13.4. The zero-order valence-corrected chi connectivity index (χ0v) is 18.8. The van der Waals surface area contributed by atoms with Crippen LogP contribution in [-0.4, -0.2) is 27.6 Å². The summed E-state index contributed by atoms with van der Waals surface area (Å²) < 4.78 is 5.76. The Labute approximate surface area is 194 Å². The van der Waals surface area contributed by atoms with Crippen LogP contribution < -0.4 is 15.0 Å². The van der Waals surface area contributed by atoms with Crippen molar-refractivity contribution in [2.24, 2.45) is 0 Å². The van der Waals surface area contributed by atoms with Gasteiger partial charge in [0.05, 0.1) is 15.7 Å². The van der Waals surface area contributed by atoms with Crippen molar-refractivity contribution in [2.75, 3.05) is 16.9 Å². The van der Waals surface area contributed by atoms with E-state index < -0.39 is 0 Å². The van der Waals surface area contributed by atoms with E-state index in [0.29, 0.717) is 27.6 Å². The SMILES string of the molecule is CC(C)c1cc(Nc2ncc3c(n2)OCN(c2c(Cl)cccc2Cl)C3=O)cc2[nH]ccc12. The smallest absolute Gasteiger partial charge is 0.268 e. The Kier molecular flexibility index (Phi) is 5.15. The van der Waals surface area contributed by atoms with Gasteiger partial charge < -0.3 is 15.0 Å². The van der Waals surface area contributed by atoms with Gasteiger partial charge in [-0.3, -0.25) is 9.69 Å². The fraction of sp³-hybridized carbons (Fsp3) is 0.174. The highest BCUT2D eigenvalue weighted by Gasteiger charge is 2.31. The van der Waals surface area contributed by atoms with Gasteiger partial charge in [-0.2, -0.15) is 4.98 Å². The van der Waals surface area contributed by atoms with Crippen LogP contribution in [0.5, 0.6) is 5.88 Å². The number of para-hydroxylation sites is 1. The highest BCUT2D eigenvalue weighted by molar-refractivity contribution is 6.40. The molecule has 1 aliphatic rings. The van der Waals surface area contributed by atoms with Crippen LogP contribution in [0.25, 0.3) is 10.9 Å². The first-order chi connectivity index (χ1) is 15.4. The van der Waals surface area contributed by atoms with Crippen LogP contribution in [0.3, 0.4) is 0 Å². The maximum atomic E-state index is 13.1. The number of anilines is 3. The van der Waals surface area contributed by atoms with Crippen LogP contribution in [-0.2, 0) is 0 Å². The molecular weight excluding hydrogens is 449 g/mol. The average molecular weight is 468 g/mol. The molecule has 1 amide bonds. The molecule has 0 aliphatic carbocycles. The third kappa shape index (κ3) is 3.53. The van der Waals surface area contributed by atoms with E-state index in [-0.39, 0.29) is 24.1 Å². The molecule has 2 N–H and O–H groups in total. The largest absolute Gasteiger partial charge is 0.455 e. The van der Waals surface area contributed by atoms with Gasteiger partial charge in [0.15, 0.2) is 6.73 Å². The first-order valence-corrected chi connectivity index (χ1v) is 10.8. The highest BCUT2D eigenvalue weighted by atomic mass is 35.5. The van der Waals surface area contributed by atoms with Crippen LogP contribution in [0.1, 0.15) is 35.7 Å². The molecule has 9 heteroatoms. The summed E-state index contributed by atoms with van der Waals surface area (Å²) in [7, 11) is 0. The molecule has 162 valence electrons. The molecule has 5 rings (SSSR count). The minimum absolute atomic E-state index is 0.0579. The number of fused-ring (bicyclic) bond motifs is 2. The lowest BCUT2D eigenvalue weighted by Gasteiger charge is -2.29. The number of carbonyl (C=O) groups is 1. The van der Waals surface area contributed by atoms with Gasteiger partial charge in [0.2, 0.25) is 11.8 Å². The van der Waals surface area contributed by atoms with Crippen LogP contribution in [0.4, 0.5) is 17.3 Å². The van der Waals surface area contributed by atoms with Gasteiger partial charge in [-0.05, 0) is 41.8 Å². The second-order valence-corrected chi connectivity index (χ2v) is 8.59. The lowest BCUT2D eigenvalue weighted by Crippen LogP contribution is -2.39. The Bertz CT molecular complexity index is 1330. The van der Waals surface area contributed by atoms with E-state index in [1.165, 1.54) is 22.0 Å². The van der Waals surface area contributed by atoms with Gasteiger partial charge >= 0.3 is 0 Å². The number of benzene rings is 2. The van der Waals surface area contributed by atoms with E-state index in [1.54, 1.807) is 18.2 Å². The van der Waals surface area contributed by atoms with Gasteiger partial charge in [0.1, 0.15) is 5.56 Å². The molecule has 32 heavy (non-hydrogen) atoms. The number of rotatable bonds is 4. The van der Waals surface area contributed by atoms with Crippen molar-refractivity contribution in [3.05, 3.63) is 70.0 Å². The van der Waals surface area contributed by atoms with Crippen molar-refractivity contribution < 1.29 is 9.53 Å². The van der Waals surface area contributed by atoms with Crippen molar-refractivity contribution in [3.8, 4) is 5.88 Å². The van der Waals surface area contributed by atoms with Crippen LogP contribution in [0.15, 0.2) is 48.8 Å². The summed E-state index contributed by atoms with van der Waals surface area (Å²) in [6.45, 7) is 4.24. The van der Waals surface area contributed by atoms with Crippen LogP contribution in [0, 0.1) is 0 Å². The lowest BCUT2D eigenvalue weighted by molar-refractivity contribution is 0.0932. The fourth-order valence-electron chi connectivity index (χ4n) is 3.80. The zero-order chi connectivity index (χ0) is 22.4. The van der Waals surface area contributed by atoms with Gasteiger partial charge in [-0.1, -0.05) is 43.1 Å². The quantitative estimate of drug-likeness (QED) is 0.377. The fourth-order valence-corrected chi connectivity index (χ4v) is 4.40. The molecule has 0 unspecified atom stereocenters. The minimum Gasteiger partial charge on any atom is -0.455 e. The Hall–Kier alpha value is -3.29. The lowest BCUT2D eigenvalue weighted by atomic mass is 9.98. The third-order valence-electron chi connectivity index (χ3n) is 5.35. The average Bonchev–Trinajstić information content (AvgIpc) is 3.23. The molecular formula is C23H19Cl2N5O2. The van der Waals surface area contributed by atoms with Crippen LogP contribution >= 0.6 is 23.2 Å². The predicted octanol–water partition coefficient (Wildman–Crippen LogP) is 6.13. The number of carbonyl (C=O) groups excluding carboxylic acids is 1. The first-order valence-electron chi connectivity index (χ1n) is 10.1. The van der Waals surface area contributed by atoms with E-state index in [4.69, 9.17) is 27.9 Å². The summed E-state index contributed by atoms with van der Waals surface area (Å²) in [6.07, 6.45) is 3.37. The van der Waals surface area contributed by atoms with E-state index in [2.05, 4.69) is 46.2 Å². The van der Waals surface area contributed by atoms with Gasteiger partial charge in [-0.25, -0.2) is 4.98 Å². The summed E-state index contributed by atoms with van der Waals surface area (Å²) in [4.78, 5) is 26.4. The van der Waals surface area contributed by atoms with Gasteiger partial charge in [0, 0.05) is 29.0 Å². The second kappa shape index (κ2) is 8.00. The molecule has 0 fully saturated rings. The highest BCUT2D eigenvalue weighted by Crippen LogP contribution is 2.37. The number of aromatic nitrogens is 3. The minimum atomic E-state index is -0.331. The maximum absolute atomic E-state index is 13.1. The molecule has 1 aliphatic heterocycles. The Morgan fingerprint density at radius 3 is 2.72 bits per heavy atom. The number of H-pyrrole nitrogens is 1. The summed E-state index contributed by atoms with van der Waals surface area (Å²) in [6, 6.07) is 11.2. The molecule has 0 saturated heterocycles. The van der Waals surface area contributed by atoms with Crippen molar-refractivity contribution in [2.45, 2.75) is 19.8 Å². The number of nitrogens with zero attached hydrogens (tertiary/aromatic N) is 3. The van der Waals surface area contributed by atoms with Crippen LogP contribution in [0.2, 0.25) is 10.0 Å². The van der Waals surface area contributed by atoms with Crippen molar-refractivity contribution >= 4 is 57.3 Å². The second-order valence-electron chi connectivity index (χ2n) is 7.77. The predicted molar refractivity (Wildman–Crippen MR) is 126 cm³/mol. The number of aromatic amines is 1. The van der Waals surface area contributed by atoms with Gasteiger partial charge in [0.25, 0.3) is 5.91 Å². The monoisotopic (exact) mass is 467 g/mol. The van der Waals surface area contributed by atoms with E-state index in [1.807, 2.05) is 12.3 Å². The number of hydrogen-bond acceptors (Lipinski definition) is 5. The molecule has 4 aromatic rings. The molecule has 3 heterocycles. The molecule has 0 saturated carbocycles. The Morgan fingerprint density at radius 2 is 1.97 bits per heavy atom. The number of nitrogens with one attached hydrogen (secondary N) is 2. The molecule has 0 radical (unpaired) electrons. The Morgan fingerprint density at radius 1 is 1.19 bits per heavy atom.